The molecule has 0 aromatic carbocycles. The molecule has 0 radical (unpaired) electrons. The van der Waals surface area contributed by atoms with E-state index < -0.39 is 0 Å². The summed E-state index contributed by atoms with van der Waals surface area (Å²) in [7, 11) is 0. The first-order chi connectivity index (χ1) is 8.08. The van der Waals surface area contributed by atoms with E-state index in [9.17, 15) is 4.79 Å². The van der Waals surface area contributed by atoms with Crippen molar-refractivity contribution in [1.29, 1.82) is 0 Å². The number of aromatic nitrogens is 2. The highest BCUT2D eigenvalue weighted by atomic mass is 127. The van der Waals surface area contributed by atoms with Crippen LogP contribution in [-0.2, 0) is 6.54 Å². The van der Waals surface area contributed by atoms with Gasteiger partial charge in [0.05, 0.1) is 3.57 Å². The Balaban J connectivity index is 2.04. The minimum Gasteiger partial charge on any atom is -0.310 e. The molecule has 1 aliphatic carbocycles. The van der Waals surface area contributed by atoms with Crippen molar-refractivity contribution in [3.63, 3.8) is 0 Å². The van der Waals surface area contributed by atoms with Gasteiger partial charge in [-0.05, 0) is 47.9 Å². The third kappa shape index (κ3) is 3.38. The van der Waals surface area contributed by atoms with Gasteiger partial charge in [-0.15, -0.1) is 0 Å². The maximum absolute atomic E-state index is 11.9. The second kappa shape index (κ2) is 5.30. The van der Waals surface area contributed by atoms with Gasteiger partial charge in [-0.1, -0.05) is 6.58 Å². The van der Waals surface area contributed by atoms with Gasteiger partial charge in [-0.3, -0.25) is 9.36 Å². The highest BCUT2D eigenvalue weighted by Gasteiger charge is 2.20. The number of rotatable bonds is 5. The van der Waals surface area contributed by atoms with Crippen molar-refractivity contribution < 1.29 is 0 Å². The molecule has 1 heterocycles. The second-order valence-corrected chi connectivity index (χ2v) is 5.61. The minimum atomic E-state index is 0.0191. The third-order valence-electron chi connectivity index (χ3n) is 2.80. The van der Waals surface area contributed by atoms with E-state index in [1.54, 1.807) is 10.8 Å². The molecule has 4 nitrogen and oxygen atoms in total. The van der Waals surface area contributed by atoms with Crippen molar-refractivity contribution in [1.82, 2.24) is 14.9 Å². The Morgan fingerprint density at radius 1 is 1.71 bits per heavy atom. The fraction of sp³-hybridized carbons (Fsp3) is 0.500. The number of aryl methyl sites for hydroxylation is 1. The van der Waals surface area contributed by atoms with E-state index in [1.807, 2.05) is 29.5 Å². The molecule has 0 bridgehead atoms. The maximum Gasteiger partial charge on any atom is 0.267 e. The Morgan fingerprint density at radius 3 is 3.06 bits per heavy atom. The quantitative estimate of drug-likeness (QED) is 0.649. The van der Waals surface area contributed by atoms with Gasteiger partial charge in [0.15, 0.2) is 0 Å². The number of nitrogens with zero attached hydrogens (tertiary/aromatic N) is 2. The number of nitrogens with one attached hydrogen (secondary N) is 1. The van der Waals surface area contributed by atoms with Crippen LogP contribution in [0.4, 0.5) is 0 Å². The molecule has 92 valence electrons. The SMILES string of the molecule is C=C(CNC1CC1)Cn1c(C)ncc(I)c1=O. The lowest BCUT2D eigenvalue weighted by molar-refractivity contribution is 0.643. The summed E-state index contributed by atoms with van der Waals surface area (Å²) in [6.07, 6.45) is 4.13. The van der Waals surface area contributed by atoms with Crippen molar-refractivity contribution in [2.75, 3.05) is 6.54 Å². The zero-order valence-corrected chi connectivity index (χ0v) is 12.0. The molecular weight excluding hydrogens is 329 g/mol. The van der Waals surface area contributed by atoms with Gasteiger partial charge in [0.2, 0.25) is 0 Å². The largest absolute Gasteiger partial charge is 0.310 e. The molecule has 1 saturated carbocycles. The van der Waals surface area contributed by atoms with Crippen LogP contribution in [0.3, 0.4) is 0 Å². The van der Waals surface area contributed by atoms with E-state index in [-0.39, 0.29) is 5.56 Å². The van der Waals surface area contributed by atoms with Crippen LogP contribution in [0.5, 0.6) is 0 Å². The number of halogens is 1. The molecule has 0 atom stereocenters. The average molecular weight is 345 g/mol. The lowest BCUT2D eigenvalue weighted by Gasteiger charge is -2.12. The molecule has 1 aromatic rings. The summed E-state index contributed by atoms with van der Waals surface area (Å²) in [6, 6.07) is 0.665. The molecule has 1 aromatic heterocycles. The Bertz CT molecular complexity index is 491. The Labute approximate surface area is 114 Å². The van der Waals surface area contributed by atoms with Crippen molar-refractivity contribution >= 4 is 22.6 Å². The summed E-state index contributed by atoms with van der Waals surface area (Å²) < 4.78 is 2.33. The van der Waals surface area contributed by atoms with E-state index in [4.69, 9.17) is 0 Å². The Kier molecular flexibility index (Phi) is 3.98. The van der Waals surface area contributed by atoms with Gasteiger partial charge in [0, 0.05) is 25.3 Å². The summed E-state index contributed by atoms with van der Waals surface area (Å²) in [5.41, 5.74) is 1.04. The molecule has 17 heavy (non-hydrogen) atoms. The summed E-state index contributed by atoms with van der Waals surface area (Å²) in [5.74, 6) is 0.739. The Morgan fingerprint density at radius 2 is 2.41 bits per heavy atom. The predicted octanol–water partition coefficient (Wildman–Crippen LogP) is 1.46. The molecule has 0 amide bonds. The van der Waals surface area contributed by atoms with Crippen molar-refractivity contribution in [3.8, 4) is 0 Å². The van der Waals surface area contributed by atoms with E-state index in [0.717, 1.165) is 17.9 Å². The van der Waals surface area contributed by atoms with E-state index in [0.29, 0.717) is 16.2 Å². The van der Waals surface area contributed by atoms with Gasteiger partial charge in [-0.2, -0.15) is 0 Å². The van der Waals surface area contributed by atoms with Crippen LogP contribution < -0.4 is 10.9 Å². The lowest BCUT2D eigenvalue weighted by Crippen LogP contribution is -2.29. The molecule has 1 aliphatic rings. The molecule has 0 aliphatic heterocycles. The lowest BCUT2D eigenvalue weighted by atomic mass is 10.3. The van der Waals surface area contributed by atoms with Crippen molar-refractivity contribution in [3.05, 3.63) is 38.1 Å². The summed E-state index contributed by atoms with van der Waals surface area (Å²) in [6.45, 7) is 7.19. The summed E-state index contributed by atoms with van der Waals surface area (Å²) in [5, 5.41) is 3.39. The fourth-order valence-corrected chi connectivity index (χ4v) is 2.02. The standard InChI is InChI=1S/C12H16IN3O/c1-8(5-15-10-3-4-10)7-16-9(2)14-6-11(13)12(16)17/h6,10,15H,1,3-5,7H2,2H3. The number of hydrogen-bond acceptors (Lipinski definition) is 3. The molecule has 0 unspecified atom stereocenters. The Hall–Kier alpha value is -0.690. The van der Waals surface area contributed by atoms with Crippen LogP contribution in [0.1, 0.15) is 18.7 Å². The second-order valence-electron chi connectivity index (χ2n) is 4.45. The first-order valence-electron chi connectivity index (χ1n) is 5.70. The fourth-order valence-electron chi connectivity index (χ4n) is 1.59. The summed E-state index contributed by atoms with van der Waals surface area (Å²) >= 11 is 2.01. The van der Waals surface area contributed by atoms with Crippen LogP contribution in [0.2, 0.25) is 0 Å². The molecule has 1 N–H and O–H groups in total. The topological polar surface area (TPSA) is 46.9 Å². The molecule has 1 fully saturated rings. The third-order valence-corrected chi connectivity index (χ3v) is 3.54. The van der Waals surface area contributed by atoms with Gasteiger partial charge < -0.3 is 5.32 Å². The van der Waals surface area contributed by atoms with Crippen LogP contribution in [0, 0.1) is 10.5 Å². The van der Waals surface area contributed by atoms with E-state index >= 15 is 0 Å². The van der Waals surface area contributed by atoms with Crippen LogP contribution in [-0.4, -0.2) is 22.1 Å². The van der Waals surface area contributed by atoms with Crippen LogP contribution >= 0.6 is 22.6 Å². The van der Waals surface area contributed by atoms with Crippen molar-refractivity contribution in [2.45, 2.75) is 32.4 Å². The van der Waals surface area contributed by atoms with E-state index in [2.05, 4.69) is 16.9 Å². The molecular formula is C12H16IN3O. The van der Waals surface area contributed by atoms with Gasteiger partial charge >= 0.3 is 0 Å². The van der Waals surface area contributed by atoms with E-state index in [1.165, 1.54) is 12.8 Å². The first kappa shape index (κ1) is 12.8. The molecule has 0 saturated heterocycles. The monoisotopic (exact) mass is 345 g/mol. The van der Waals surface area contributed by atoms with Gasteiger partial charge in [-0.25, -0.2) is 4.98 Å². The van der Waals surface area contributed by atoms with Crippen molar-refractivity contribution in [2.24, 2.45) is 0 Å². The van der Waals surface area contributed by atoms with Gasteiger partial charge in [0.1, 0.15) is 5.82 Å². The minimum absolute atomic E-state index is 0.0191. The smallest absolute Gasteiger partial charge is 0.267 e. The average Bonchev–Trinajstić information content (AvgIpc) is 3.11. The van der Waals surface area contributed by atoms with Crippen LogP contribution in [0.25, 0.3) is 0 Å². The number of hydrogen-bond donors (Lipinski definition) is 1. The van der Waals surface area contributed by atoms with Gasteiger partial charge in [0.25, 0.3) is 5.56 Å². The molecule has 0 spiro atoms. The maximum atomic E-state index is 11.9. The zero-order valence-electron chi connectivity index (χ0n) is 9.87. The first-order valence-corrected chi connectivity index (χ1v) is 6.78. The normalized spacial score (nSPS) is 14.9. The molecule has 2 rings (SSSR count). The highest BCUT2D eigenvalue weighted by molar-refractivity contribution is 14.1. The predicted molar refractivity (Wildman–Crippen MR) is 76.1 cm³/mol. The zero-order chi connectivity index (χ0) is 12.4. The molecule has 5 heteroatoms. The highest BCUT2D eigenvalue weighted by Crippen LogP contribution is 2.18. The summed E-state index contributed by atoms with van der Waals surface area (Å²) in [4.78, 5) is 16.1. The van der Waals surface area contributed by atoms with Crippen LogP contribution in [0.15, 0.2) is 23.1 Å².